The largest absolute Gasteiger partial charge is 0.357 e. The van der Waals surface area contributed by atoms with Gasteiger partial charge in [-0.15, -0.1) is 0 Å². The van der Waals surface area contributed by atoms with Crippen LogP contribution in [0.25, 0.3) is 10.9 Å². The maximum atomic E-state index is 12.2. The number of hydrogen-bond donors (Lipinski definition) is 1. The third-order valence-electron chi connectivity index (χ3n) is 5.15. The van der Waals surface area contributed by atoms with Gasteiger partial charge in [-0.3, -0.25) is 4.79 Å². The molecule has 3 aromatic heterocycles. The molecule has 0 saturated carbocycles. The van der Waals surface area contributed by atoms with Gasteiger partial charge in [-0.2, -0.15) is 0 Å². The summed E-state index contributed by atoms with van der Waals surface area (Å²) in [5, 5.41) is 1.06. The van der Waals surface area contributed by atoms with E-state index in [0.717, 1.165) is 49.2 Å². The van der Waals surface area contributed by atoms with Crippen molar-refractivity contribution in [2.75, 3.05) is 18.0 Å². The summed E-state index contributed by atoms with van der Waals surface area (Å²) in [6.45, 7) is 3.97. The van der Waals surface area contributed by atoms with Crippen molar-refractivity contribution in [1.29, 1.82) is 0 Å². The van der Waals surface area contributed by atoms with Gasteiger partial charge in [0.05, 0.1) is 0 Å². The predicted molar refractivity (Wildman–Crippen MR) is 98.9 cm³/mol. The zero-order valence-corrected chi connectivity index (χ0v) is 14.7. The molecule has 1 fully saturated rings. The Labute approximate surface area is 146 Å². The van der Waals surface area contributed by atoms with Crippen LogP contribution in [0.1, 0.15) is 24.0 Å². The molecule has 4 heterocycles. The number of H-pyrrole nitrogens is 1. The van der Waals surface area contributed by atoms with Crippen LogP contribution in [0.3, 0.4) is 0 Å². The minimum Gasteiger partial charge on any atom is -0.357 e. The molecule has 0 aliphatic carbocycles. The van der Waals surface area contributed by atoms with Crippen LogP contribution in [0.2, 0.25) is 0 Å². The van der Waals surface area contributed by atoms with E-state index in [-0.39, 0.29) is 5.56 Å². The van der Waals surface area contributed by atoms with Gasteiger partial charge >= 0.3 is 0 Å². The lowest BCUT2D eigenvalue weighted by molar-refractivity contribution is 0.400. The number of nitrogens with zero attached hydrogens (tertiary/aromatic N) is 4. The molecule has 3 aromatic rings. The van der Waals surface area contributed by atoms with E-state index in [1.807, 2.05) is 44.8 Å². The number of hydrogen-bond acceptors (Lipinski definition) is 4. The summed E-state index contributed by atoms with van der Waals surface area (Å²) in [7, 11) is 1.82. The average Bonchev–Trinajstić information content (AvgIpc) is 3.11. The van der Waals surface area contributed by atoms with Gasteiger partial charge in [0, 0.05) is 50.3 Å². The fraction of sp³-hybridized carbons (Fsp3) is 0.421. The maximum absolute atomic E-state index is 12.2. The highest BCUT2D eigenvalue weighted by atomic mass is 16.1. The highest BCUT2D eigenvalue weighted by molar-refractivity contribution is 5.81. The number of pyridine rings is 1. The molecule has 1 N–H and O–H groups in total. The summed E-state index contributed by atoms with van der Waals surface area (Å²) in [6.07, 6.45) is 10.8. The topological polar surface area (TPSA) is 66.8 Å². The van der Waals surface area contributed by atoms with Crippen molar-refractivity contribution in [3.8, 4) is 0 Å². The smallest absolute Gasteiger partial charge is 0.274 e. The zero-order valence-electron chi connectivity index (χ0n) is 14.7. The standard InChI is InChI=1S/C19H23N5O/c1-13-10-21-19(22-11-13)24-7-4-14(5-8-24)9-15-12-23(2)18(25)17-16(15)3-6-20-17/h3,6,10-12,14,20H,4-5,7-9H2,1-2H3. The molecular weight excluding hydrogens is 314 g/mol. The fourth-order valence-corrected chi connectivity index (χ4v) is 3.71. The summed E-state index contributed by atoms with van der Waals surface area (Å²) in [4.78, 5) is 26.4. The molecule has 6 nitrogen and oxygen atoms in total. The van der Waals surface area contributed by atoms with Crippen molar-refractivity contribution in [2.45, 2.75) is 26.2 Å². The minimum atomic E-state index is 0.0371. The number of aryl methyl sites for hydroxylation is 2. The molecule has 0 aromatic carbocycles. The third kappa shape index (κ3) is 3.04. The highest BCUT2D eigenvalue weighted by Gasteiger charge is 2.22. The van der Waals surface area contributed by atoms with Crippen LogP contribution in [0.5, 0.6) is 0 Å². The van der Waals surface area contributed by atoms with Gasteiger partial charge in [0.2, 0.25) is 5.95 Å². The number of fused-ring (bicyclic) bond motifs is 1. The van der Waals surface area contributed by atoms with Crippen LogP contribution in [0.15, 0.2) is 35.6 Å². The van der Waals surface area contributed by atoms with Crippen molar-refractivity contribution >= 4 is 16.9 Å². The number of rotatable bonds is 3. The van der Waals surface area contributed by atoms with Gasteiger partial charge < -0.3 is 14.5 Å². The van der Waals surface area contributed by atoms with Crippen molar-refractivity contribution in [1.82, 2.24) is 19.5 Å². The number of nitrogens with one attached hydrogen (secondary N) is 1. The number of aromatic amines is 1. The van der Waals surface area contributed by atoms with Gasteiger partial charge in [-0.25, -0.2) is 9.97 Å². The van der Waals surface area contributed by atoms with E-state index < -0.39 is 0 Å². The molecule has 0 spiro atoms. The SMILES string of the molecule is Cc1cnc(N2CCC(Cc3cn(C)c(=O)c4[nH]ccc34)CC2)nc1. The second-order valence-electron chi connectivity index (χ2n) is 7.03. The third-order valence-corrected chi connectivity index (χ3v) is 5.15. The Balaban J connectivity index is 1.47. The van der Waals surface area contributed by atoms with E-state index in [2.05, 4.69) is 19.9 Å². The van der Waals surface area contributed by atoms with Crippen molar-refractivity contribution in [2.24, 2.45) is 13.0 Å². The van der Waals surface area contributed by atoms with Gasteiger partial charge in [-0.05, 0) is 49.3 Å². The van der Waals surface area contributed by atoms with E-state index in [4.69, 9.17) is 0 Å². The van der Waals surface area contributed by atoms with E-state index in [0.29, 0.717) is 11.4 Å². The second kappa shape index (κ2) is 6.35. The molecule has 4 rings (SSSR count). The zero-order chi connectivity index (χ0) is 17.4. The van der Waals surface area contributed by atoms with Gasteiger partial charge in [0.1, 0.15) is 5.52 Å². The van der Waals surface area contributed by atoms with E-state index in [1.54, 1.807) is 4.57 Å². The summed E-state index contributed by atoms with van der Waals surface area (Å²) < 4.78 is 1.68. The molecule has 0 unspecified atom stereocenters. The first-order valence-corrected chi connectivity index (χ1v) is 8.81. The van der Waals surface area contributed by atoms with Gasteiger partial charge in [0.15, 0.2) is 0 Å². The number of piperidine rings is 1. The molecule has 25 heavy (non-hydrogen) atoms. The van der Waals surface area contributed by atoms with E-state index in [1.165, 1.54) is 5.56 Å². The first-order valence-electron chi connectivity index (χ1n) is 8.81. The van der Waals surface area contributed by atoms with Crippen LogP contribution in [-0.2, 0) is 13.5 Å². The molecule has 130 valence electrons. The van der Waals surface area contributed by atoms with E-state index in [9.17, 15) is 4.79 Å². The highest BCUT2D eigenvalue weighted by Crippen LogP contribution is 2.26. The molecule has 0 bridgehead atoms. The summed E-state index contributed by atoms with van der Waals surface area (Å²) >= 11 is 0. The average molecular weight is 337 g/mol. The Morgan fingerprint density at radius 1 is 1.24 bits per heavy atom. The normalized spacial score (nSPS) is 15.8. The van der Waals surface area contributed by atoms with E-state index >= 15 is 0 Å². The molecule has 1 saturated heterocycles. The second-order valence-corrected chi connectivity index (χ2v) is 7.03. The number of anilines is 1. The quantitative estimate of drug-likeness (QED) is 0.797. The van der Waals surface area contributed by atoms with Crippen LogP contribution < -0.4 is 10.5 Å². The van der Waals surface area contributed by atoms with Gasteiger partial charge in [-0.1, -0.05) is 0 Å². The van der Waals surface area contributed by atoms with Crippen molar-refractivity contribution in [3.63, 3.8) is 0 Å². The minimum absolute atomic E-state index is 0.0371. The number of aromatic nitrogens is 4. The Morgan fingerprint density at radius 3 is 2.68 bits per heavy atom. The monoisotopic (exact) mass is 337 g/mol. The first-order chi connectivity index (χ1) is 12.1. The molecule has 1 aliphatic heterocycles. The lowest BCUT2D eigenvalue weighted by atomic mass is 9.90. The Kier molecular flexibility index (Phi) is 4.03. The Hall–Kier alpha value is -2.63. The molecule has 0 atom stereocenters. The summed E-state index contributed by atoms with van der Waals surface area (Å²) in [6, 6.07) is 2.02. The maximum Gasteiger partial charge on any atom is 0.274 e. The van der Waals surface area contributed by atoms with Gasteiger partial charge in [0.25, 0.3) is 5.56 Å². The van der Waals surface area contributed by atoms with Crippen LogP contribution >= 0.6 is 0 Å². The van der Waals surface area contributed by atoms with Crippen LogP contribution in [0, 0.1) is 12.8 Å². The Bertz CT molecular complexity index is 933. The fourth-order valence-electron chi connectivity index (χ4n) is 3.71. The van der Waals surface area contributed by atoms with Crippen LogP contribution in [0.4, 0.5) is 5.95 Å². The predicted octanol–water partition coefficient (Wildman–Crippen LogP) is 2.42. The molecule has 0 amide bonds. The molecule has 0 radical (unpaired) electrons. The summed E-state index contributed by atoms with van der Waals surface area (Å²) in [5.74, 6) is 1.46. The lowest BCUT2D eigenvalue weighted by Gasteiger charge is -2.32. The lowest BCUT2D eigenvalue weighted by Crippen LogP contribution is -2.35. The molecule has 6 heteroatoms. The van der Waals surface area contributed by atoms with Crippen molar-refractivity contribution < 1.29 is 0 Å². The molecular formula is C19H23N5O. The Morgan fingerprint density at radius 2 is 1.96 bits per heavy atom. The molecule has 1 aliphatic rings. The first kappa shape index (κ1) is 15.9. The van der Waals surface area contributed by atoms with Crippen molar-refractivity contribution in [3.05, 3.63) is 52.3 Å². The summed E-state index contributed by atoms with van der Waals surface area (Å²) in [5.41, 5.74) is 3.09. The van der Waals surface area contributed by atoms with Crippen LogP contribution in [-0.4, -0.2) is 32.6 Å².